The van der Waals surface area contributed by atoms with Crippen molar-refractivity contribution < 1.29 is 80.8 Å². The molecule has 494 valence electrons. The molecule has 9 heterocycles. The van der Waals surface area contributed by atoms with Crippen LogP contribution in [0.2, 0.25) is 0 Å². The fourth-order valence-corrected chi connectivity index (χ4v) is 16.6. The van der Waals surface area contributed by atoms with Gasteiger partial charge < -0.3 is 61.6 Å². The van der Waals surface area contributed by atoms with Gasteiger partial charge in [-0.05, 0) is 209 Å². The Morgan fingerprint density at radius 1 is 0.341 bits per heavy atom. The molecular formula is C71H108O17. The van der Waals surface area contributed by atoms with Crippen LogP contribution in [-0.4, -0.2) is 161 Å². The van der Waals surface area contributed by atoms with E-state index in [2.05, 4.69) is 12.7 Å². The van der Waals surface area contributed by atoms with Crippen molar-refractivity contribution in [3.8, 4) is 0 Å². The molecular weight excluding hydrogens is 1120 g/mol. The predicted octanol–water partition coefficient (Wildman–Crippen LogP) is 11.5. The van der Waals surface area contributed by atoms with Crippen molar-refractivity contribution in [2.75, 3.05) is 33.0 Å². The Labute approximate surface area is 524 Å². The van der Waals surface area contributed by atoms with Gasteiger partial charge in [-0.15, -0.1) is 6.58 Å². The van der Waals surface area contributed by atoms with Crippen LogP contribution in [0.5, 0.6) is 0 Å². The summed E-state index contributed by atoms with van der Waals surface area (Å²) in [6, 6.07) is 0. The summed E-state index contributed by atoms with van der Waals surface area (Å²) in [5.74, 6) is 3.83. The Morgan fingerprint density at radius 2 is 0.716 bits per heavy atom. The van der Waals surface area contributed by atoms with Gasteiger partial charge in [0.2, 0.25) is 0 Å². The second-order valence-electron chi connectivity index (χ2n) is 30.0. The Bertz CT molecular complexity index is 2250. The lowest BCUT2D eigenvalue weighted by Gasteiger charge is -2.21. The number of carbonyl (C=O) groups is 4. The van der Waals surface area contributed by atoms with E-state index in [1.54, 1.807) is 0 Å². The first kappa shape index (κ1) is 64.0. The smallest absolute Gasteiger partial charge is 0.309 e. The summed E-state index contributed by atoms with van der Waals surface area (Å²) in [5.41, 5.74) is 0. The Hall–Kier alpha value is -2.74. The van der Waals surface area contributed by atoms with Crippen molar-refractivity contribution >= 4 is 23.9 Å². The van der Waals surface area contributed by atoms with Crippen LogP contribution >= 0.6 is 0 Å². The lowest BCUT2D eigenvalue weighted by atomic mass is 9.85. The van der Waals surface area contributed by atoms with Crippen LogP contribution in [0.4, 0.5) is 0 Å². The molecule has 0 aromatic carbocycles. The minimum absolute atomic E-state index is 0.00258. The molecule has 17 rings (SSSR count). The summed E-state index contributed by atoms with van der Waals surface area (Å²) in [5, 5.41) is 0. The zero-order valence-corrected chi connectivity index (χ0v) is 52.9. The molecule has 8 aliphatic carbocycles. The first-order valence-corrected chi connectivity index (χ1v) is 36.2. The van der Waals surface area contributed by atoms with Crippen molar-refractivity contribution in [1.29, 1.82) is 0 Å². The number of hydrogen-bond donors (Lipinski definition) is 0. The molecule has 17 aliphatic rings. The monoisotopic (exact) mass is 1230 g/mol. The number of epoxide rings is 9. The molecule has 25 unspecified atom stereocenters. The zero-order chi connectivity index (χ0) is 59.9. The van der Waals surface area contributed by atoms with Crippen molar-refractivity contribution in [3.05, 3.63) is 12.7 Å². The van der Waals surface area contributed by atoms with E-state index >= 15 is 0 Å². The summed E-state index contributed by atoms with van der Waals surface area (Å²) >= 11 is 0. The highest BCUT2D eigenvalue weighted by atomic mass is 16.6. The molecule has 0 amide bonds. The normalized spacial score (nSPS) is 43.4. The summed E-state index contributed by atoms with van der Waals surface area (Å²) in [6.07, 6.45) is 49.2. The van der Waals surface area contributed by atoms with Crippen LogP contribution in [0, 0.1) is 47.3 Å². The summed E-state index contributed by atoms with van der Waals surface area (Å²) < 4.78 is 70.8. The molecule has 0 aromatic rings. The number of fused-ring (bicyclic) bond motifs is 8. The van der Waals surface area contributed by atoms with E-state index in [4.69, 9.17) is 61.6 Å². The third kappa shape index (κ3) is 19.9. The van der Waals surface area contributed by atoms with Gasteiger partial charge in [0.15, 0.2) is 0 Å². The van der Waals surface area contributed by atoms with Crippen LogP contribution in [0.3, 0.4) is 0 Å². The first-order valence-electron chi connectivity index (χ1n) is 36.2. The van der Waals surface area contributed by atoms with E-state index in [-0.39, 0.29) is 35.7 Å². The lowest BCUT2D eigenvalue weighted by molar-refractivity contribution is -0.151. The van der Waals surface area contributed by atoms with Gasteiger partial charge in [0.1, 0.15) is 0 Å². The first-order chi connectivity index (χ1) is 43.1. The molecule has 9 aliphatic heterocycles. The highest BCUT2D eigenvalue weighted by molar-refractivity contribution is 5.73. The van der Waals surface area contributed by atoms with Gasteiger partial charge in [-0.25, -0.2) is 0 Å². The Balaban J connectivity index is 0.000000107. The van der Waals surface area contributed by atoms with E-state index in [0.717, 1.165) is 127 Å². The van der Waals surface area contributed by atoms with Crippen LogP contribution in [0.25, 0.3) is 0 Å². The third-order valence-electron chi connectivity index (χ3n) is 23.1. The number of allylic oxidation sites excluding steroid dienone is 1. The number of rotatable bonds is 24. The quantitative estimate of drug-likeness (QED) is 0.0288. The summed E-state index contributed by atoms with van der Waals surface area (Å²) in [4.78, 5) is 47.6. The predicted molar refractivity (Wildman–Crippen MR) is 323 cm³/mol. The number of esters is 4. The Morgan fingerprint density at radius 3 is 1.16 bits per heavy atom. The van der Waals surface area contributed by atoms with Gasteiger partial charge in [0.05, 0.1) is 149 Å². The molecule has 0 bridgehead atoms. The summed E-state index contributed by atoms with van der Waals surface area (Å²) in [6.45, 7) is 7.03. The molecule has 88 heavy (non-hydrogen) atoms. The Kier molecular flexibility index (Phi) is 22.2. The van der Waals surface area contributed by atoms with Gasteiger partial charge in [-0.2, -0.15) is 0 Å². The third-order valence-corrected chi connectivity index (χ3v) is 23.1. The van der Waals surface area contributed by atoms with Gasteiger partial charge in [0, 0.05) is 12.8 Å². The molecule has 9 saturated heterocycles. The molecule has 17 fully saturated rings. The molecule has 0 radical (unpaired) electrons. The number of unbranched alkanes of at least 4 members (excludes halogenated alkanes) is 6. The number of carbonyl (C=O) groups excluding carboxylic acids is 4. The second kappa shape index (κ2) is 30.6. The largest absolute Gasteiger partial charge is 0.465 e. The minimum atomic E-state index is -0.154. The van der Waals surface area contributed by atoms with Crippen LogP contribution in [-0.2, 0) is 80.8 Å². The highest BCUT2D eigenvalue weighted by Crippen LogP contribution is 2.47. The topological polar surface area (TPSA) is 218 Å². The van der Waals surface area contributed by atoms with Crippen LogP contribution < -0.4 is 0 Å². The number of ether oxygens (including phenoxy) is 13. The fraction of sp³-hybridized carbons (Fsp3) is 0.915. The lowest BCUT2D eigenvalue weighted by Crippen LogP contribution is -2.27. The van der Waals surface area contributed by atoms with Crippen LogP contribution in [0.15, 0.2) is 12.7 Å². The standard InChI is InChI=1S/C21H34O4.C20H30O6.C14H20O4.C8H12O2.C8H12O/c22-21(16-9-11-18-20(14-16)25-18)23-12-6-4-2-1-3-5-7-15-8-10-17-19(13-15)24-17;21-19(23-11-13-5-7-15-17(9-13)25-15)3-1-2-4-20(22)24-12-14-6-8-16-18(10-14)26-16;15-14(9-2-4-11-13(6-9)18-11)16-7-8-1-3-10-12(5-8)17-10;1-2-6-7(10-6)3-5(1)8-4-9-8;1-2-6-3-4-7-8(5-6)9-7/h15-20H,1-14H2;13-18H,1-12H2;8-13H,1-7H2;5-8H,1-4H2;2,6-8H,1,3-5H2. The second-order valence-corrected chi connectivity index (χ2v) is 30.0. The van der Waals surface area contributed by atoms with E-state index in [1.165, 1.54) is 96.3 Å². The van der Waals surface area contributed by atoms with Gasteiger partial charge in [0.25, 0.3) is 0 Å². The minimum Gasteiger partial charge on any atom is -0.465 e. The van der Waals surface area contributed by atoms with Gasteiger partial charge in [-0.3, -0.25) is 19.2 Å². The molecule has 0 N–H and O–H groups in total. The maximum Gasteiger partial charge on any atom is 0.309 e. The highest BCUT2D eigenvalue weighted by Gasteiger charge is 2.51. The average molecular weight is 1230 g/mol. The molecule has 8 saturated carbocycles. The van der Waals surface area contributed by atoms with Gasteiger partial charge >= 0.3 is 23.9 Å². The molecule has 17 heteroatoms. The maximum absolute atomic E-state index is 12.0. The molecule has 0 spiro atoms. The van der Waals surface area contributed by atoms with E-state index in [0.29, 0.717) is 174 Å². The number of hydrogen-bond acceptors (Lipinski definition) is 17. The van der Waals surface area contributed by atoms with Gasteiger partial charge in [-0.1, -0.05) is 44.6 Å². The average Bonchev–Trinajstić information content (AvgIpc) is 4.20. The van der Waals surface area contributed by atoms with Crippen molar-refractivity contribution in [2.24, 2.45) is 47.3 Å². The zero-order valence-electron chi connectivity index (χ0n) is 52.9. The SMILES string of the molecule is C1CC2OC2CC1C1CO1.C=CC1CCC2OC2C1.O=C(CCCCC(=O)OCC1CCC2OC2C1)OCC1CCC2OC2C1.O=C(OCC1CCC2OC2C1)C1CCC2OC2C1.O=C(OCCCCCCCCC1CCC2OC2C1)C1CCC2OC2C1. The van der Waals surface area contributed by atoms with Crippen molar-refractivity contribution in [3.63, 3.8) is 0 Å². The molecule has 0 aromatic heterocycles. The summed E-state index contributed by atoms with van der Waals surface area (Å²) in [7, 11) is 0. The maximum atomic E-state index is 12.0. The molecule has 17 nitrogen and oxygen atoms in total. The van der Waals surface area contributed by atoms with Crippen LogP contribution in [0.1, 0.15) is 225 Å². The van der Waals surface area contributed by atoms with Crippen molar-refractivity contribution in [2.45, 2.75) is 328 Å². The fourth-order valence-electron chi connectivity index (χ4n) is 16.6. The van der Waals surface area contributed by atoms with E-state index in [9.17, 15) is 19.2 Å². The molecule has 25 atom stereocenters. The van der Waals surface area contributed by atoms with E-state index in [1.807, 2.05) is 0 Å². The van der Waals surface area contributed by atoms with E-state index < -0.39 is 0 Å². The van der Waals surface area contributed by atoms with Crippen molar-refractivity contribution in [1.82, 2.24) is 0 Å².